The fourth-order valence-electron chi connectivity index (χ4n) is 1.63. The SMILES string of the molecule is CCCN=C(NN)NC(CC)c1ccccc1. The molecule has 4 heteroatoms. The number of guanidine groups is 1. The average molecular weight is 234 g/mol. The monoisotopic (exact) mass is 234 g/mol. The summed E-state index contributed by atoms with van der Waals surface area (Å²) in [6.07, 6.45) is 1.99. The Kier molecular flexibility index (Phi) is 6.10. The standard InChI is InChI=1S/C13H22N4/c1-3-10-15-13(17-14)16-12(4-2)11-8-6-5-7-9-11/h5-9,12H,3-4,10,14H2,1-2H3,(H2,15,16,17). The molecule has 4 nitrogen and oxygen atoms in total. The number of benzene rings is 1. The summed E-state index contributed by atoms with van der Waals surface area (Å²) in [4.78, 5) is 4.34. The predicted octanol–water partition coefficient (Wildman–Crippen LogP) is 1.96. The summed E-state index contributed by atoms with van der Waals surface area (Å²) in [6, 6.07) is 10.5. The Morgan fingerprint density at radius 3 is 2.53 bits per heavy atom. The van der Waals surface area contributed by atoms with Crippen molar-refractivity contribution in [2.45, 2.75) is 32.7 Å². The van der Waals surface area contributed by atoms with E-state index in [2.05, 4.69) is 41.7 Å². The van der Waals surface area contributed by atoms with Gasteiger partial charge in [-0.3, -0.25) is 10.4 Å². The summed E-state index contributed by atoms with van der Waals surface area (Å²) >= 11 is 0. The van der Waals surface area contributed by atoms with Gasteiger partial charge < -0.3 is 5.32 Å². The van der Waals surface area contributed by atoms with Crippen molar-refractivity contribution in [2.24, 2.45) is 10.8 Å². The van der Waals surface area contributed by atoms with Crippen molar-refractivity contribution in [3.05, 3.63) is 35.9 Å². The van der Waals surface area contributed by atoms with Gasteiger partial charge in [-0.25, -0.2) is 5.84 Å². The van der Waals surface area contributed by atoms with Crippen LogP contribution in [0.1, 0.15) is 38.3 Å². The minimum atomic E-state index is 0.239. The predicted molar refractivity (Wildman–Crippen MR) is 72.5 cm³/mol. The molecule has 0 spiro atoms. The highest BCUT2D eigenvalue weighted by Gasteiger charge is 2.09. The van der Waals surface area contributed by atoms with E-state index in [1.54, 1.807) is 0 Å². The Bertz CT molecular complexity index is 335. The second-order valence-corrected chi connectivity index (χ2v) is 3.89. The molecule has 1 unspecified atom stereocenters. The van der Waals surface area contributed by atoms with E-state index < -0.39 is 0 Å². The molecule has 0 saturated heterocycles. The van der Waals surface area contributed by atoms with Crippen LogP contribution in [0.5, 0.6) is 0 Å². The molecule has 0 heterocycles. The number of nitrogens with zero attached hydrogens (tertiary/aromatic N) is 1. The summed E-state index contributed by atoms with van der Waals surface area (Å²) in [6.45, 7) is 5.00. The Morgan fingerprint density at radius 1 is 1.29 bits per heavy atom. The minimum absolute atomic E-state index is 0.239. The Balaban J connectivity index is 2.69. The largest absolute Gasteiger partial charge is 0.349 e. The molecule has 4 N–H and O–H groups in total. The maximum atomic E-state index is 5.45. The number of hydrogen-bond donors (Lipinski definition) is 3. The highest BCUT2D eigenvalue weighted by molar-refractivity contribution is 5.79. The number of hydrogen-bond acceptors (Lipinski definition) is 2. The van der Waals surface area contributed by atoms with E-state index in [0.29, 0.717) is 5.96 Å². The van der Waals surface area contributed by atoms with Crippen molar-refractivity contribution in [2.75, 3.05) is 6.54 Å². The van der Waals surface area contributed by atoms with E-state index in [1.807, 2.05) is 18.2 Å². The van der Waals surface area contributed by atoms with Gasteiger partial charge in [-0.2, -0.15) is 0 Å². The third-order valence-corrected chi connectivity index (χ3v) is 2.55. The Hall–Kier alpha value is -1.55. The normalized spacial score (nSPS) is 13.2. The van der Waals surface area contributed by atoms with Crippen LogP contribution in [-0.4, -0.2) is 12.5 Å². The van der Waals surface area contributed by atoms with Gasteiger partial charge in [0.05, 0.1) is 6.04 Å². The summed E-state index contributed by atoms with van der Waals surface area (Å²) in [5.74, 6) is 6.11. The van der Waals surface area contributed by atoms with E-state index >= 15 is 0 Å². The molecule has 17 heavy (non-hydrogen) atoms. The van der Waals surface area contributed by atoms with Crippen molar-refractivity contribution in [3.8, 4) is 0 Å². The van der Waals surface area contributed by atoms with Gasteiger partial charge in [-0.1, -0.05) is 44.2 Å². The first-order valence-electron chi connectivity index (χ1n) is 6.14. The molecular formula is C13H22N4. The van der Waals surface area contributed by atoms with Gasteiger partial charge in [-0.05, 0) is 18.4 Å². The molecule has 0 aliphatic carbocycles. The lowest BCUT2D eigenvalue weighted by molar-refractivity contribution is 0.609. The molecule has 0 radical (unpaired) electrons. The van der Waals surface area contributed by atoms with E-state index in [9.17, 15) is 0 Å². The molecule has 0 saturated carbocycles. The maximum Gasteiger partial charge on any atom is 0.206 e. The zero-order chi connectivity index (χ0) is 12.5. The molecular weight excluding hydrogens is 212 g/mol. The average Bonchev–Trinajstić information content (AvgIpc) is 2.40. The van der Waals surface area contributed by atoms with Gasteiger partial charge in [0, 0.05) is 6.54 Å². The number of aliphatic imine (C=N–C) groups is 1. The second kappa shape index (κ2) is 7.68. The third kappa shape index (κ3) is 4.44. The van der Waals surface area contributed by atoms with Crippen LogP contribution in [0.4, 0.5) is 0 Å². The van der Waals surface area contributed by atoms with E-state index in [4.69, 9.17) is 5.84 Å². The van der Waals surface area contributed by atoms with Crippen molar-refractivity contribution in [1.82, 2.24) is 10.7 Å². The zero-order valence-electron chi connectivity index (χ0n) is 10.6. The molecule has 1 rings (SSSR count). The summed E-state index contributed by atoms with van der Waals surface area (Å²) in [5, 5.41) is 3.32. The van der Waals surface area contributed by atoms with Crippen molar-refractivity contribution >= 4 is 5.96 Å². The number of nitrogens with one attached hydrogen (secondary N) is 2. The van der Waals surface area contributed by atoms with Crippen LogP contribution in [0.25, 0.3) is 0 Å². The van der Waals surface area contributed by atoms with Gasteiger partial charge >= 0.3 is 0 Å². The molecule has 0 fully saturated rings. The van der Waals surface area contributed by atoms with Crippen LogP contribution >= 0.6 is 0 Å². The zero-order valence-corrected chi connectivity index (χ0v) is 10.6. The first kappa shape index (κ1) is 13.5. The molecule has 0 bridgehead atoms. The van der Waals surface area contributed by atoms with Crippen LogP contribution < -0.4 is 16.6 Å². The van der Waals surface area contributed by atoms with Crippen molar-refractivity contribution in [3.63, 3.8) is 0 Å². The van der Waals surface area contributed by atoms with Crippen molar-refractivity contribution in [1.29, 1.82) is 0 Å². The summed E-state index contributed by atoms with van der Waals surface area (Å²) in [7, 11) is 0. The molecule has 1 atom stereocenters. The third-order valence-electron chi connectivity index (χ3n) is 2.55. The van der Waals surface area contributed by atoms with Crippen LogP contribution in [0.15, 0.2) is 35.3 Å². The quantitative estimate of drug-likeness (QED) is 0.316. The lowest BCUT2D eigenvalue weighted by atomic mass is 10.1. The van der Waals surface area contributed by atoms with Crippen LogP contribution in [0.2, 0.25) is 0 Å². The Morgan fingerprint density at radius 2 is 2.00 bits per heavy atom. The highest BCUT2D eigenvalue weighted by Crippen LogP contribution is 2.15. The van der Waals surface area contributed by atoms with Crippen LogP contribution in [0.3, 0.4) is 0 Å². The number of hydrazine groups is 1. The van der Waals surface area contributed by atoms with Crippen LogP contribution in [0, 0.1) is 0 Å². The van der Waals surface area contributed by atoms with Crippen LogP contribution in [-0.2, 0) is 0 Å². The van der Waals surface area contributed by atoms with Gasteiger partial charge in [0.25, 0.3) is 0 Å². The van der Waals surface area contributed by atoms with Gasteiger partial charge in [-0.15, -0.1) is 0 Å². The first-order chi connectivity index (χ1) is 8.31. The smallest absolute Gasteiger partial charge is 0.206 e. The Labute approximate surface area is 103 Å². The van der Waals surface area contributed by atoms with E-state index in [-0.39, 0.29) is 6.04 Å². The fraction of sp³-hybridized carbons (Fsp3) is 0.462. The molecule has 1 aromatic rings. The molecule has 0 amide bonds. The number of rotatable bonds is 5. The summed E-state index contributed by atoms with van der Waals surface area (Å²) in [5.41, 5.74) is 3.86. The fourth-order valence-corrected chi connectivity index (χ4v) is 1.63. The minimum Gasteiger partial charge on any atom is -0.349 e. The molecule has 0 aromatic heterocycles. The first-order valence-corrected chi connectivity index (χ1v) is 6.14. The molecule has 0 aliphatic rings. The summed E-state index contributed by atoms with van der Waals surface area (Å²) < 4.78 is 0. The molecule has 94 valence electrons. The van der Waals surface area contributed by atoms with Crippen molar-refractivity contribution < 1.29 is 0 Å². The highest BCUT2D eigenvalue weighted by atomic mass is 15.3. The number of nitrogens with two attached hydrogens (primary N) is 1. The van der Waals surface area contributed by atoms with Gasteiger partial charge in [0.2, 0.25) is 5.96 Å². The van der Waals surface area contributed by atoms with Gasteiger partial charge in [0.1, 0.15) is 0 Å². The van der Waals surface area contributed by atoms with E-state index in [1.165, 1.54) is 5.56 Å². The lowest BCUT2D eigenvalue weighted by Gasteiger charge is -2.19. The maximum absolute atomic E-state index is 5.45. The molecule has 0 aliphatic heterocycles. The van der Waals surface area contributed by atoms with Gasteiger partial charge in [0.15, 0.2) is 0 Å². The lowest BCUT2D eigenvalue weighted by Crippen LogP contribution is -2.43. The molecule has 1 aromatic carbocycles. The second-order valence-electron chi connectivity index (χ2n) is 3.89. The van der Waals surface area contributed by atoms with E-state index in [0.717, 1.165) is 19.4 Å². The topological polar surface area (TPSA) is 62.4 Å².